The first-order valence-corrected chi connectivity index (χ1v) is 7.44. The summed E-state index contributed by atoms with van der Waals surface area (Å²) in [4.78, 5) is 0. The molecule has 0 N–H and O–H groups in total. The standard InChI is InChI=1S/C3H5.C2H4.CH3.2ClH.Ru/c1-3-2;1-2;;;;/h1,3H,2H3;1H,2H3;1H3;2*1H;/q-1;;-1;;;+2/p-2. The van der Waals surface area contributed by atoms with E-state index in [1.165, 1.54) is 6.08 Å². The Labute approximate surface area is 71.4 Å². The first kappa shape index (κ1) is 16.4. The summed E-state index contributed by atoms with van der Waals surface area (Å²) >= 11 is -1.36. The van der Waals surface area contributed by atoms with Crippen LogP contribution in [-0.4, -0.2) is 4.61 Å². The first-order chi connectivity index (χ1) is 3.68. The van der Waals surface area contributed by atoms with Crippen LogP contribution in [0, 0.1) is 14.0 Å². The summed E-state index contributed by atoms with van der Waals surface area (Å²) in [6, 6.07) is 0. The van der Waals surface area contributed by atoms with Crippen molar-refractivity contribution in [2.45, 2.75) is 13.8 Å². The quantitative estimate of drug-likeness (QED) is 0.461. The van der Waals surface area contributed by atoms with Crippen molar-refractivity contribution >= 4 is 24.0 Å². The second-order valence-electron chi connectivity index (χ2n) is 0.742. The summed E-state index contributed by atoms with van der Waals surface area (Å²) in [5.74, 6) is 0. The smallest absolute Gasteiger partial charge is 0.0794 e. The van der Waals surface area contributed by atoms with Crippen LogP contribution >= 0.6 is 19.4 Å². The van der Waals surface area contributed by atoms with Gasteiger partial charge in [0, 0.05) is 0 Å². The van der Waals surface area contributed by atoms with Gasteiger partial charge >= 0.3 is 44.4 Å². The molecule has 0 aromatic rings. The minimum atomic E-state index is -1.36. The molecular formula is C6H12Cl2Ru-2. The Morgan fingerprint density at radius 3 is 1.44 bits per heavy atom. The Balaban J connectivity index is -0.0000000800. The van der Waals surface area contributed by atoms with Crippen molar-refractivity contribution in [2.75, 3.05) is 0 Å². The maximum absolute atomic E-state index is 5.32. The molecule has 0 unspecified atom stereocenters. The van der Waals surface area contributed by atoms with E-state index in [-0.39, 0.29) is 7.43 Å². The molecule has 0 rings (SSSR count). The number of allylic oxidation sites excluding steroid dienone is 1. The fourth-order valence-corrected chi connectivity index (χ4v) is 0. The summed E-state index contributed by atoms with van der Waals surface area (Å²) in [5.41, 5.74) is 0. The normalized spacial score (nSPS) is 7.33. The summed E-state index contributed by atoms with van der Waals surface area (Å²) in [5, 5.41) is 0. The Morgan fingerprint density at radius 1 is 1.33 bits per heavy atom. The van der Waals surface area contributed by atoms with Gasteiger partial charge < -0.3 is 14.0 Å². The van der Waals surface area contributed by atoms with Crippen molar-refractivity contribution in [3.8, 4) is 0 Å². The molecule has 9 heavy (non-hydrogen) atoms. The van der Waals surface area contributed by atoms with E-state index in [0.29, 0.717) is 0 Å². The zero-order chi connectivity index (χ0) is 6.99. The molecule has 0 spiro atoms. The molecule has 0 radical (unpaired) electrons. The molecular weight excluding hydrogens is 244 g/mol. The van der Waals surface area contributed by atoms with E-state index in [4.69, 9.17) is 26.0 Å². The predicted molar refractivity (Wildman–Crippen MR) is 44.4 cm³/mol. The van der Waals surface area contributed by atoms with Gasteiger partial charge in [-0.05, 0) is 0 Å². The fraction of sp³-hybridized carbons (Fsp3) is 0.333. The van der Waals surface area contributed by atoms with Crippen LogP contribution in [0.5, 0.6) is 0 Å². The molecule has 0 aromatic carbocycles. The minimum Gasteiger partial charge on any atom is -0.518 e. The summed E-state index contributed by atoms with van der Waals surface area (Å²) in [6.07, 6.45) is 1.50. The van der Waals surface area contributed by atoms with Crippen LogP contribution in [-0.2, 0) is 13.5 Å². The van der Waals surface area contributed by atoms with Gasteiger partial charge in [-0.25, -0.2) is 0 Å². The molecule has 60 valence electrons. The molecule has 0 fully saturated rings. The van der Waals surface area contributed by atoms with Gasteiger partial charge in [0.05, 0.1) is 0 Å². The van der Waals surface area contributed by atoms with Gasteiger partial charge in [0.2, 0.25) is 0 Å². The number of halogens is 2. The van der Waals surface area contributed by atoms with Crippen LogP contribution < -0.4 is 0 Å². The zero-order valence-corrected chi connectivity index (χ0v) is 9.09. The Hall–Kier alpha value is 0.813. The van der Waals surface area contributed by atoms with Crippen molar-refractivity contribution < 1.29 is 13.5 Å². The van der Waals surface area contributed by atoms with E-state index >= 15 is 0 Å². The molecule has 0 atom stereocenters. The van der Waals surface area contributed by atoms with Gasteiger partial charge in [-0.3, -0.25) is 6.08 Å². The molecule has 0 nitrogen and oxygen atoms in total. The maximum atomic E-state index is 5.32. The van der Waals surface area contributed by atoms with E-state index in [1.807, 2.05) is 11.5 Å². The van der Waals surface area contributed by atoms with Crippen molar-refractivity contribution in [3.63, 3.8) is 0 Å². The molecule has 0 aromatic heterocycles. The second kappa shape index (κ2) is 15.9. The molecule has 0 aliphatic carbocycles. The molecule has 0 amide bonds. The SMILES string of the molecule is C[CH]=[Ru]([Cl])[Cl].[CH-]=CC.[CH3-]. The summed E-state index contributed by atoms with van der Waals surface area (Å²) in [7, 11) is 10.6. The van der Waals surface area contributed by atoms with E-state index in [1.54, 1.807) is 6.92 Å². The Bertz CT molecular complexity index is 75.1. The number of hydrogen-bond acceptors (Lipinski definition) is 0. The second-order valence-corrected chi connectivity index (χ2v) is 6.97. The number of rotatable bonds is 0. The van der Waals surface area contributed by atoms with E-state index in [2.05, 4.69) is 0 Å². The zero-order valence-electron chi connectivity index (χ0n) is 5.84. The summed E-state index contributed by atoms with van der Waals surface area (Å²) in [6.45, 7) is 8.37. The van der Waals surface area contributed by atoms with Crippen LogP contribution in [0.25, 0.3) is 0 Å². The Morgan fingerprint density at radius 2 is 1.44 bits per heavy atom. The molecule has 0 aliphatic rings. The van der Waals surface area contributed by atoms with Gasteiger partial charge in [-0.15, -0.1) is 0 Å². The molecule has 0 saturated carbocycles. The average Bonchev–Trinajstić information content (AvgIpc) is 1.69. The van der Waals surface area contributed by atoms with Crippen molar-refractivity contribution in [1.29, 1.82) is 0 Å². The third-order valence-corrected chi connectivity index (χ3v) is 2.74. The number of hydrogen-bond donors (Lipinski definition) is 0. The van der Waals surface area contributed by atoms with Crippen LogP contribution in [0.2, 0.25) is 0 Å². The van der Waals surface area contributed by atoms with Crippen LogP contribution in [0.4, 0.5) is 0 Å². The monoisotopic (exact) mass is 256 g/mol. The largest absolute Gasteiger partial charge is 0.518 e. The van der Waals surface area contributed by atoms with Crippen molar-refractivity contribution in [2.24, 2.45) is 0 Å². The third-order valence-electron chi connectivity index (χ3n) is 0.154. The molecule has 0 heterocycles. The fourth-order valence-electron chi connectivity index (χ4n) is 0. The van der Waals surface area contributed by atoms with Gasteiger partial charge in [-0.2, -0.15) is 0 Å². The van der Waals surface area contributed by atoms with E-state index < -0.39 is 13.5 Å². The van der Waals surface area contributed by atoms with E-state index in [0.717, 1.165) is 0 Å². The Kier molecular flexibility index (Phi) is 29.0. The predicted octanol–water partition coefficient (Wildman–Crippen LogP) is 3.18. The molecule has 0 bridgehead atoms. The van der Waals surface area contributed by atoms with Crippen LogP contribution in [0.15, 0.2) is 6.08 Å². The molecule has 0 saturated heterocycles. The molecule has 3 heteroatoms. The first-order valence-electron chi connectivity index (χ1n) is 1.96. The maximum Gasteiger partial charge on any atom is -0.0794 e. The van der Waals surface area contributed by atoms with Crippen molar-refractivity contribution in [1.82, 2.24) is 0 Å². The minimum absolute atomic E-state index is 0. The topological polar surface area (TPSA) is 0 Å². The van der Waals surface area contributed by atoms with Gasteiger partial charge in [0.1, 0.15) is 0 Å². The third kappa shape index (κ3) is 51.7. The molecule has 0 aliphatic heterocycles. The summed E-state index contributed by atoms with van der Waals surface area (Å²) < 4.78 is 1.84. The van der Waals surface area contributed by atoms with Crippen LogP contribution in [0.1, 0.15) is 13.8 Å². The van der Waals surface area contributed by atoms with Gasteiger partial charge in [0.15, 0.2) is 0 Å². The van der Waals surface area contributed by atoms with E-state index in [9.17, 15) is 0 Å². The average molecular weight is 256 g/mol. The van der Waals surface area contributed by atoms with Gasteiger partial charge in [-0.1, -0.05) is 6.92 Å². The van der Waals surface area contributed by atoms with Crippen LogP contribution in [0.3, 0.4) is 0 Å². The van der Waals surface area contributed by atoms with Gasteiger partial charge in [0.25, 0.3) is 0 Å². The van der Waals surface area contributed by atoms with Crippen molar-refractivity contribution in [3.05, 3.63) is 20.1 Å².